The minimum Gasteiger partial charge on any atom is -0.404 e. The zero-order valence-corrected chi connectivity index (χ0v) is 11.9. The molecule has 0 bridgehead atoms. The molecular weight excluding hydrogens is 355 g/mol. The van der Waals surface area contributed by atoms with Crippen LogP contribution in [0.1, 0.15) is 0 Å². The highest BCUT2D eigenvalue weighted by atomic mass is 35.5. The van der Waals surface area contributed by atoms with Crippen LogP contribution in [0.5, 0.6) is 5.75 Å². The molecule has 0 saturated carbocycles. The highest BCUT2D eigenvalue weighted by molar-refractivity contribution is 6.47. The smallest absolute Gasteiger partial charge is 0.404 e. The molecule has 5 nitrogen and oxygen atoms in total. The molecule has 0 aliphatic heterocycles. The number of hydrazone groups is 1. The maximum Gasteiger partial charge on any atom is 0.573 e. The predicted octanol–water partition coefficient (Wildman–Crippen LogP) is 4.36. The summed E-state index contributed by atoms with van der Waals surface area (Å²) >= 11 is 17.1. The Balaban J connectivity index is 3.22. The van der Waals surface area contributed by atoms with Gasteiger partial charge in [-0.25, -0.2) is 0 Å². The van der Waals surface area contributed by atoms with E-state index in [-0.39, 0.29) is 10.7 Å². The molecule has 0 saturated heterocycles. The van der Waals surface area contributed by atoms with Crippen LogP contribution in [0.3, 0.4) is 0 Å². The van der Waals surface area contributed by atoms with E-state index in [0.29, 0.717) is 0 Å². The van der Waals surface area contributed by atoms with Gasteiger partial charge in [0.25, 0.3) is 0 Å². The molecule has 0 atom stereocenters. The van der Waals surface area contributed by atoms with Gasteiger partial charge in [0.2, 0.25) is 5.71 Å². The maximum atomic E-state index is 12.2. The van der Waals surface area contributed by atoms with Crippen molar-refractivity contribution in [3.63, 3.8) is 0 Å². The number of benzene rings is 1. The molecule has 11 heteroatoms. The second-order valence-corrected chi connectivity index (χ2v) is 4.37. The van der Waals surface area contributed by atoms with Crippen LogP contribution in [-0.2, 0) is 0 Å². The largest absolute Gasteiger partial charge is 0.573 e. The summed E-state index contributed by atoms with van der Waals surface area (Å²) in [6.45, 7) is 0. The molecule has 0 amide bonds. The first-order chi connectivity index (χ1) is 9.69. The SMILES string of the molecule is N#CC(C#N)=NNc1c(Cl)cc(OC(F)(F)F)c(Cl)c1Cl. The summed E-state index contributed by atoms with van der Waals surface area (Å²) in [5.41, 5.74) is 1.44. The lowest BCUT2D eigenvalue weighted by Gasteiger charge is -2.14. The molecule has 0 unspecified atom stereocenters. The molecular formula is C10H2Cl3F3N4O. The van der Waals surface area contributed by atoms with Crippen molar-refractivity contribution in [1.82, 2.24) is 0 Å². The molecule has 21 heavy (non-hydrogen) atoms. The van der Waals surface area contributed by atoms with Crippen LogP contribution in [0.4, 0.5) is 18.9 Å². The van der Waals surface area contributed by atoms with Crippen LogP contribution in [0.2, 0.25) is 15.1 Å². The van der Waals surface area contributed by atoms with E-state index in [4.69, 9.17) is 45.3 Å². The maximum absolute atomic E-state index is 12.2. The normalized spacial score (nSPS) is 10.3. The number of rotatable bonds is 3. The molecule has 0 aliphatic carbocycles. The Bertz CT molecular complexity index is 660. The van der Waals surface area contributed by atoms with Gasteiger partial charge in [0.1, 0.15) is 17.2 Å². The minimum absolute atomic E-state index is 0.180. The summed E-state index contributed by atoms with van der Waals surface area (Å²) in [4.78, 5) is 0. The lowest BCUT2D eigenvalue weighted by atomic mass is 10.3. The zero-order chi connectivity index (χ0) is 16.2. The molecule has 1 aromatic rings. The van der Waals surface area contributed by atoms with E-state index in [1.807, 2.05) is 0 Å². The van der Waals surface area contributed by atoms with Crippen molar-refractivity contribution >= 4 is 46.2 Å². The Labute approximate surface area is 131 Å². The van der Waals surface area contributed by atoms with Crippen molar-refractivity contribution in [3.8, 4) is 17.9 Å². The summed E-state index contributed by atoms with van der Waals surface area (Å²) in [7, 11) is 0. The lowest BCUT2D eigenvalue weighted by Crippen LogP contribution is -2.17. The summed E-state index contributed by atoms with van der Waals surface area (Å²) in [6.07, 6.45) is -4.97. The third kappa shape index (κ3) is 4.57. The number of nitriles is 2. The Morgan fingerprint density at radius 2 is 1.76 bits per heavy atom. The van der Waals surface area contributed by atoms with E-state index in [0.717, 1.165) is 6.07 Å². The van der Waals surface area contributed by atoms with Crippen LogP contribution < -0.4 is 10.2 Å². The molecule has 1 aromatic carbocycles. The monoisotopic (exact) mass is 356 g/mol. The van der Waals surface area contributed by atoms with Gasteiger partial charge in [-0.05, 0) is 0 Å². The third-order valence-corrected chi connectivity index (χ3v) is 2.99. The third-order valence-electron chi connectivity index (χ3n) is 1.84. The summed E-state index contributed by atoms with van der Waals surface area (Å²) < 4.78 is 40.1. The molecule has 0 heterocycles. The van der Waals surface area contributed by atoms with Gasteiger partial charge in [-0.1, -0.05) is 34.8 Å². The number of hydrogen-bond donors (Lipinski definition) is 1. The van der Waals surface area contributed by atoms with Crippen molar-refractivity contribution in [3.05, 3.63) is 21.1 Å². The fraction of sp³-hybridized carbons (Fsp3) is 0.100. The average molecular weight is 358 g/mol. The first-order valence-corrected chi connectivity index (χ1v) is 5.90. The first-order valence-electron chi connectivity index (χ1n) is 4.76. The van der Waals surface area contributed by atoms with Crippen LogP contribution in [0.25, 0.3) is 0 Å². The Morgan fingerprint density at radius 3 is 2.24 bits per heavy atom. The van der Waals surface area contributed by atoms with E-state index in [9.17, 15) is 13.2 Å². The van der Waals surface area contributed by atoms with E-state index in [1.54, 1.807) is 0 Å². The van der Waals surface area contributed by atoms with Gasteiger partial charge in [-0.15, -0.1) is 13.2 Å². The van der Waals surface area contributed by atoms with Crippen molar-refractivity contribution in [2.45, 2.75) is 6.36 Å². The average Bonchev–Trinajstić information content (AvgIpc) is 2.38. The fourth-order valence-corrected chi connectivity index (χ4v) is 1.77. The van der Waals surface area contributed by atoms with E-state index in [2.05, 4.69) is 15.3 Å². The summed E-state index contributed by atoms with van der Waals surface area (Å²) in [5.74, 6) is -0.797. The topological polar surface area (TPSA) is 81.2 Å². The molecule has 0 radical (unpaired) electrons. The minimum atomic E-state index is -4.97. The second kappa shape index (κ2) is 6.72. The number of anilines is 1. The zero-order valence-electron chi connectivity index (χ0n) is 9.60. The Kier molecular flexibility index (Phi) is 5.50. The highest BCUT2D eigenvalue weighted by Gasteiger charge is 2.33. The van der Waals surface area contributed by atoms with Crippen molar-refractivity contribution < 1.29 is 17.9 Å². The standard InChI is InChI=1S/C10H2Cl3F3N4O/c11-5-1-6(21-10(14,15)16)7(12)8(13)9(5)20-19-4(2-17)3-18/h1,20H. The van der Waals surface area contributed by atoms with Crippen LogP contribution in [0, 0.1) is 22.7 Å². The van der Waals surface area contributed by atoms with Gasteiger partial charge < -0.3 is 4.74 Å². The molecule has 0 aromatic heterocycles. The van der Waals surface area contributed by atoms with Gasteiger partial charge in [-0.2, -0.15) is 15.6 Å². The van der Waals surface area contributed by atoms with Crippen LogP contribution >= 0.6 is 34.8 Å². The van der Waals surface area contributed by atoms with Gasteiger partial charge >= 0.3 is 6.36 Å². The molecule has 0 spiro atoms. The van der Waals surface area contributed by atoms with Gasteiger partial charge in [0.15, 0.2) is 5.75 Å². The van der Waals surface area contributed by atoms with Crippen molar-refractivity contribution in [2.24, 2.45) is 5.10 Å². The predicted molar refractivity (Wildman–Crippen MR) is 70.4 cm³/mol. The summed E-state index contributed by atoms with van der Waals surface area (Å²) in [5, 5.41) is 19.0. The molecule has 0 fully saturated rings. The van der Waals surface area contributed by atoms with Crippen molar-refractivity contribution in [1.29, 1.82) is 10.5 Å². The Morgan fingerprint density at radius 1 is 1.19 bits per heavy atom. The van der Waals surface area contributed by atoms with Crippen LogP contribution in [0.15, 0.2) is 11.2 Å². The quantitative estimate of drug-likeness (QED) is 0.495. The number of ether oxygens (including phenoxy) is 1. The van der Waals surface area contributed by atoms with E-state index < -0.39 is 27.9 Å². The number of alkyl halides is 3. The molecule has 1 N–H and O–H groups in total. The fourth-order valence-electron chi connectivity index (χ4n) is 1.06. The van der Waals surface area contributed by atoms with Gasteiger partial charge in [0, 0.05) is 6.07 Å². The number of halogens is 6. The lowest BCUT2D eigenvalue weighted by molar-refractivity contribution is -0.274. The van der Waals surface area contributed by atoms with Gasteiger partial charge in [-0.3, -0.25) is 5.43 Å². The molecule has 110 valence electrons. The first kappa shape index (κ1) is 17.2. The second-order valence-electron chi connectivity index (χ2n) is 3.20. The summed E-state index contributed by atoms with van der Waals surface area (Å²) in [6, 6.07) is 3.67. The number of nitrogens with zero attached hydrogens (tertiary/aromatic N) is 3. The molecule has 1 rings (SSSR count). The number of hydrogen-bond acceptors (Lipinski definition) is 5. The van der Waals surface area contributed by atoms with Crippen LogP contribution in [-0.4, -0.2) is 12.1 Å². The Hall–Kier alpha value is -1.87. The van der Waals surface area contributed by atoms with E-state index in [1.165, 1.54) is 12.1 Å². The highest BCUT2D eigenvalue weighted by Crippen LogP contribution is 2.44. The van der Waals surface area contributed by atoms with Crippen molar-refractivity contribution in [2.75, 3.05) is 5.43 Å². The number of nitrogens with one attached hydrogen (secondary N) is 1. The van der Waals surface area contributed by atoms with E-state index >= 15 is 0 Å². The van der Waals surface area contributed by atoms with Gasteiger partial charge in [0.05, 0.1) is 15.7 Å². The molecule has 0 aliphatic rings.